The molecule has 2 aliphatic carbocycles. The highest BCUT2D eigenvalue weighted by Gasteiger charge is 2.61. The number of nitrogens with zero attached hydrogens (tertiary/aromatic N) is 2. The topological polar surface area (TPSA) is 25.8 Å². The first-order valence-corrected chi connectivity index (χ1v) is 7.29. The van der Waals surface area contributed by atoms with Crippen molar-refractivity contribution in [1.82, 2.24) is 9.97 Å². The first kappa shape index (κ1) is 11.7. The molecule has 0 aliphatic heterocycles. The molecule has 0 saturated heterocycles. The van der Waals surface area contributed by atoms with Gasteiger partial charge in [0, 0.05) is 16.4 Å². The Kier molecular flexibility index (Phi) is 2.02. The highest BCUT2D eigenvalue weighted by atomic mass is 35.5. The van der Waals surface area contributed by atoms with Gasteiger partial charge in [0.15, 0.2) is 0 Å². The Labute approximate surface area is 118 Å². The van der Waals surface area contributed by atoms with E-state index in [2.05, 4.69) is 20.8 Å². The zero-order valence-corrected chi connectivity index (χ0v) is 12.3. The van der Waals surface area contributed by atoms with Crippen molar-refractivity contribution in [3.8, 4) is 0 Å². The molecule has 3 heteroatoms. The van der Waals surface area contributed by atoms with Crippen molar-refractivity contribution in [2.45, 2.75) is 44.9 Å². The molecule has 0 N–H and O–H groups in total. The molecule has 0 spiro atoms. The summed E-state index contributed by atoms with van der Waals surface area (Å²) in [4.78, 5) is 9.82. The van der Waals surface area contributed by atoms with Gasteiger partial charge in [-0.3, -0.25) is 0 Å². The lowest BCUT2D eigenvalue weighted by Crippen LogP contribution is -2.31. The minimum atomic E-state index is 0.174. The minimum absolute atomic E-state index is 0.174. The van der Waals surface area contributed by atoms with E-state index in [1.807, 2.05) is 18.2 Å². The number of hydrogen-bond donors (Lipinski definition) is 0. The molecule has 2 aromatic rings. The van der Waals surface area contributed by atoms with Crippen LogP contribution in [-0.4, -0.2) is 9.97 Å². The Bertz CT molecular complexity index is 707. The maximum absolute atomic E-state index is 6.06. The fourth-order valence-electron chi connectivity index (χ4n) is 4.09. The largest absolute Gasteiger partial charge is 0.249 e. The smallest absolute Gasteiger partial charge is 0.0905 e. The summed E-state index contributed by atoms with van der Waals surface area (Å²) in [5, 5.41) is 0.732. The second-order valence-electron chi connectivity index (χ2n) is 6.74. The summed E-state index contributed by atoms with van der Waals surface area (Å²) in [5.41, 5.74) is 4.77. The van der Waals surface area contributed by atoms with E-state index in [4.69, 9.17) is 21.6 Å². The maximum Gasteiger partial charge on any atom is 0.0905 e. The fourth-order valence-corrected chi connectivity index (χ4v) is 4.26. The van der Waals surface area contributed by atoms with Crippen LogP contribution in [-0.2, 0) is 5.41 Å². The fraction of sp³-hybridized carbons (Fsp3) is 0.500. The summed E-state index contributed by atoms with van der Waals surface area (Å²) >= 11 is 6.06. The molecule has 1 aromatic carbocycles. The summed E-state index contributed by atoms with van der Waals surface area (Å²) in [6, 6.07) is 5.80. The third-order valence-electron chi connectivity index (χ3n) is 5.73. The normalized spacial score (nSPS) is 30.8. The molecule has 0 radical (unpaired) electrons. The SMILES string of the molecule is CC1(C)[C@@H]2CC[C@]1(C)c1nc3ccc(Cl)cc3nc12. The highest BCUT2D eigenvalue weighted by molar-refractivity contribution is 6.31. The molecule has 98 valence electrons. The second kappa shape index (κ2) is 3.29. The third-order valence-corrected chi connectivity index (χ3v) is 5.97. The van der Waals surface area contributed by atoms with Crippen LogP contribution in [0.5, 0.6) is 0 Å². The van der Waals surface area contributed by atoms with Gasteiger partial charge in [0.1, 0.15) is 0 Å². The second-order valence-corrected chi connectivity index (χ2v) is 7.17. The van der Waals surface area contributed by atoms with Crippen molar-refractivity contribution < 1.29 is 0 Å². The number of hydrogen-bond acceptors (Lipinski definition) is 2. The monoisotopic (exact) mass is 272 g/mol. The number of halogens is 1. The molecule has 1 saturated carbocycles. The standard InChI is InChI=1S/C16H17ClN2/c1-15(2)10-6-7-16(15,3)14-13(10)18-12-8-9(17)4-5-11(12)19-14/h4-5,8,10H,6-7H2,1-3H3/t10-,16-/m1/s1. The van der Waals surface area contributed by atoms with Gasteiger partial charge in [0.05, 0.1) is 22.4 Å². The van der Waals surface area contributed by atoms with Gasteiger partial charge in [-0.2, -0.15) is 0 Å². The van der Waals surface area contributed by atoms with Crippen LogP contribution < -0.4 is 0 Å². The minimum Gasteiger partial charge on any atom is -0.249 e. The molecule has 0 amide bonds. The van der Waals surface area contributed by atoms with Crippen LogP contribution in [0.3, 0.4) is 0 Å². The first-order chi connectivity index (χ1) is 8.93. The van der Waals surface area contributed by atoms with Gasteiger partial charge < -0.3 is 0 Å². The van der Waals surface area contributed by atoms with Crippen molar-refractivity contribution in [2.75, 3.05) is 0 Å². The predicted octanol–water partition coefficient (Wildman–Crippen LogP) is 4.46. The Balaban J connectivity index is 2.06. The zero-order chi connectivity index (χ0) is 13.4. The van der Waals surface area contributed by atoms with E-state index in [0.29, 0.717) is 5.92 Å². The average molecular weight is 273 g/mol. The lowest BCUT2D eigenvalue weighted by atomic mass is 9.70. The van der Waals surface area contributed by atoms with Crippen molar-refractivity contribution in [2.24, 2.45) is 5.41 Å². The Morgan fingerprint density at radius 2 is 1.95 bits per heavy atom. The number of fused-ring (bicyclic) bond motifs is 6. The van der Waals surface area contributed by atoms with E-state index in [0.717, 1.165) is 16.1 Å². The molecule has 1 fully saturated rings. The number of benzene rings is 1. The van der Waals surface area contributed by atoms with Crippen LogP contribution in [0, 0.1) is 5.41 Å². The van der Waals surface area contributed by atoms with Gasteiger partial charge in [-0.15, -0.1) is 0 Å². The van der Waals surface area contributed by atoms with Crippen LogP contribution in [0.2, 0.25) is 5.02 Å². The van der Waals surface area contributed by atoms with Gasteiger partial charge in [-0.05, 0) is 36.5 Å². The summed E-state index contributed by atoms with van der Waals surface area (Å²) in [6.07, 6.45) is 2.46. The van der Waals surface area contributed by atoms with Crippen LogP contribution in [0.1, 0.15) is 50.9 Å². The van der Waals surface area contributed by atoms with Gasteiger partial charge in [-0.1, -0.05) is 32.4 Å². The Morgan fingerprint density at radius 1 is 1.16 bits per heavy atom. The van der Waals surface area contributed by atoms with E-state index in [-0.39, 0.29) is 10.8 Å². The van der Waals surface area contributed by atoms with Crippen molar-refractivity contribution >= 4 is 22.6 Å². The summed E-state index contributed by atoms with van der Waals surface area (Å²) in [7, 11) is 0. The zero-order valence-electron chi connectivity index (χ0n) is 11.5. The average Bonchev–Trinajstić information content (AvgIpc) is 2.67. The molecule has 19 heavy (non-hydrogen) atoms. The molecule has 2 aliphatic rings. The van der Waals surface area contributed by atoms with E-state index in [1.165, 1.54) is 24.2 Å². The van der Waals surface area contributed by atoms with Crippen LogP contribution in [0.25, 0.3) is 11.0 Å². The van der Waals surface area contributed by atoms with Gasteiger partial charge in [0.2, 0.25) is 0 Å². The van der Waals surface area contributed by atoms with Crippen molar-refractivity contribution in [1.29, 1.82) is 0 Å². The summed E-state index contributed by atoms with van der Waals surface area (Å²) in [6.45, 7) is 7.09. The molecule has 4 rings (SSSR count). The van der Waals surface area contributed by atoms with Crippen LogP contribution >= 0.6 is 11.6 Å². The maximum atomic E-state index is 6.06. The molecular formula is C16H17ClN2. The quantitative estimate of drug-likeness (QED) is 0.708. The molecule has 1 aromatic heterocycles. The van der Waals surface area contributed by atoms with Gasteiger partial charge >= 0.3 is 0 Å². The lowest BCUT2D eigenvalue weighted by molar-refractivity contribution is 0.227. The number of rotatable bonds is 0. The first-order valence-electron chi connectivity index (χ1n) is 6.91. The van der Waals surface area contributed by atoms with Crippen LogP contribution in [0.15, 0.2) is 18.2 Å². The van der Waals surface area contributed by atoms with E-state index >= 15 is 0 Å². The van der Waals surface area contributed by atoms with Crippen molar-refractivity contribution in [3.63, 3.8) is 0 Å². The Morgan fingerprint density at radius 3 is 2.74 bits per heavy atom. The molecule has 2 nitrogen and oxygen atoms in total. The molecule has 2 atom stereocenters. The van der Waals surface area contributed by atoms with Gasteiger partial charge in [0.25, 0.3) is 0 Å². The third kappa shape index (κ3) is 1.24. The molecule has 2 bridgehead atoms. The predicted molar refractivity (Wildman–Crippen MR) is 77.7 cm³/mol. The lowest BCUT2D eigenvalue weighted by Gasteiger charge is -2.34. The molecular weight excluding hydrogens is 256 g/mol. The molecule has 1 heterocycles. The van der Waals surface area contributed by atoms with E-state index in [9.17, 15) is 0 Å². The summed E-state index contributed by atoms with van der Waals surface area (Å²) in [5.74, 6) is 0.545. The summed E-state index contributed by atoms with van der Waals surface area (Å²) < 4.78 is 0. The number of aromatic nitrogens is 2. The van der Waals surface area contributed by atoms with E-state index < -0.39 is 0 Å². The molecule has 0 unspecified atom stereocenters. The van der Waals surface area contributed by atoms with Gasteiger partial charge in [-0.25, -0.2) is 9.97 Å². The highest BCUT2D eigenvalue weighted by Crippen LogP contribution is 2.66. The Hall–Kier alpha value is -1.15. The van der Waals surface area contributed by atoms with Crippen molar-refractivity contribution in [3.05, 3.63) is 34.6 Å². The van der Waals surface area contributed by atoms with E-state index in [1.54, 1.807) is 0 Å². The van der Waals surface area contributed by atoms with Crippen LogP contribution in [0.4, 0.5) is 0 Å².